The summed E-state index contributed by atoms with van der Waals surface area (Å²) >= 11 is 0. The molecule has 1 atom stereocenters. The van der Waals surface area contributed by atoms with Crippen molar-refractivity contribution in [3.05, 3.63) is 24.3 Å². The highest BCUT2D eigenvalue weighted by molar-refractivity contribution is 7.91. The van der Waals surface area contributed by atoms with Gasteiger partial charge in [-0.1, -0.05) is 5.16 Å². The molecule has 0 saturated carbocycles. The van der Waals surface area contributed by atoms with Gasteiger partial charge in [-0.3, -0.25) is 0 Å². The van der Waals surface area contributed by atoms with Crippen molar-refractivity contribution in [1.29, 1.82) is 0 Å². The number of nitrogens with one attached hydrogen (secondary N) is 1. The van der Waals surface area contributed by atoms with Gasteiger partial charge in [-0.2, -0.15) is 4.98 Å². The summed E-state index contributed by atoms with van der Waals surface area (Å²) in [7, 11) is -2.96. The van der Waals surface area contributed by atoms with Gasteiger partial charge in [0.1, 0.15) is 0 Å². The summed E-state index contributed by atoms with van der Waals surface area (Å²) in [5.41, 5.74) is 0. The van der Waals surface area contributed by atoms with Crippen LogP contribution in [0.4, 0.5) is 0 Å². The van der Waals surface area contributed by atoms with Gasteiger partial charge < -0.3 is 14.3 Å². The molecule has 2 aromatic heterocycles. The van der Waals surface area contributed by atoms with Crippen molar-refractivity contribution in [2.24, 2.45) is 0 Å². The summed E-state index contributed by atoms with van der Waals surface area (Å²) in [6.45, 7) is 0.464. The molecule has 0 radical (unpaired) electrons. The van der Waals surface area contributed by atoms with Crippen LogP contribution in [0.15, 0.2) is 27.3 Å². The van der Waals surface area contributed by atoms with E-state index in [2.05, 4.69) is 15.5 Å². The average molecular weight is 283 g/mol. The van der Waals surface area contributed by atoms with Crippen molar-refractivity contribution < 1.29 is 17.4 Å². The second-order valence-corrected chi connectivity index (χ2v) is 6.69. The summed E-state index contributed by atoms with van der Waals surface area (Å²) in [5.74, 6) is 1.59. The normalized spacial score (nSPS) is 22.4. The molecule has 0 spiro atoms. The minimum absolute atomic E-state index is 0.103. The fraction of sp³-hybridized carbons (Fsp3) is 0.455. The zero-order valence-corrected chi connectivity index (χ0v) is 10.9. The predicted molar refractivity (Wildman–Crippen MR) is 66.1 cm³/mol. The van der Waals surface area contributed by atoms with E-state index in [9.17, 15) is 8.42 Å². The van der Waals surface area contributed by atoms with E-state index in [1.165, 1.54) is 6.26 Å². The SMILES string of the molecule is O=S1(=O)CCNC(Cc2nc(-c3ccco3)no2)C1. The molecule has 0 amide bonds. The summed E-state index contributed by atoms with van der Waals surface area (Å²) in [6.07, 6.45) is 1.92. The molecule has 0 bridgehead atoms. The Morgan fingerprint density at radius 1 is 1.47 bits per heavy atom. The first-order chi connectivity index (χ1) is 9.12. The maximum absolute atomic E-state index is 11.5. The lowest BCUT2D eigenvalue weighted by Crippen LogP contribution is -2.46. The second kappa shape index (κ2) is 4.78. The zero-order chi connectivity index (χ0) is 13.3. The molecule has 2 aromatic rings. The lowest BCUT2D eigenvalue weighted by Gasteiger charge is -2.21. The third-order valence-corrected chi connectivity index (χ3v) is 4.67. The highest BCUT2D eigenvalue weighted by Crippen LogP contribution is 2.16. The molecule has 0 aromatic carbocycles. The van der Waals surface area contributed by atoms with E-state index >= 15 is 0 Å². The summed E-state index contributed by atoms with van der Waals surface area (Å²) < 4.78 is 33.3. The van der Waals surface area contributed by atoms with E-state index < -0.39 is 9.84 Å². The molecule has 1 aliphatic rings. The van der Waals surface area contributed by atoms with Gasteiger partial charge in [-0.25, -0.2) is 8.42 Å². The number of hydrogen-bond donors (Lipinski definition) is 1. The Hall–Kier alpha value is -1.67. The van der Waals surface area contributed by atoms with Crippen LogP contribution in [-0.2, 0) is 16.3 Å². The molecule has 7 nitrogen and oxygen atoms in total. The van der Waals surface area contributed by atoms with Crippen LogP contribution in [0.25, 0.3) is 11.6 Å². The van der Waals surface area contributed by atoms with Gasteiger partial charge in [0.2, 0.25) is 11.7 Å². The van der Waals surface area contributed by atoms with Crippen molar-refractivity contribution in [3.63, 3.8) is 0 Å². The molecule has 1 fully saturated rings. The quantitative estimate of drug-likeness (QED) is 0.862. The summed E-state index contributed by atoms with van der Waals surface area (Å²) in [4.78, 5) is 4.19. The summed E-state index contributed by atoms with van der Waals surface area (Å²) in [5, 5.41) is 6.94. The van der Waals surface area contributed by atoms with Crippen molar-refractivity contribution >= 4 is 9.84 Å². The molecule has 1 saturated heterocycles. The van der Waals surface area contributed by atoms with Gasteiger partial charge >= 0.3 is 0 Å². The standard InChI is InChI=1S/C11H13N3O4S/c15-19(16)5-3-12-8(7-19)6-10-13-11(14-18-10)9-2-1-4-17-9/h1-2,4,8,12H,3,5-7H2. The monoisotopic (exact) mass is 283 g/mol. The van der Waals surface area contributed by atoms with Crippen LogP contribution in [0.3, 0.4) is 0 Å². The van der Waals surface area contributed by atoms with Gasteiger partial charge in [0.15, 0.2) is 15.6 Å². The molecular weight excluding hydrogens is 270 g/mol. The van der Waals surface area contributed by atoms with Crippen LogP contribution in [0.5, 0.6) is 0 Å². The Kier molecular flexibility index (Phi) is 3.11. The first-order valence-corrected chi connectivity index (χ1v) is 7.75. The van der Waals surface area contributed by atoms with Crippen LogP contribution < -0.4 is 5.32 Å². The number of hydrogen-bond acceptors (Lipinski definition) is 7. The van der Waals surface area contributed by atoms with Gasteiger partial charge in [-0.05, 0) is 12.1 Å². The highest BCUT2D eigenvalue weighted by Gasteiger charge is 2.26. The van der Waals surface area contributed by atoms with E-state index in [-0.39, 0.29) is 17.5 Å². The lowest BCUT2D eigenvalue weighted by atomic mass is 10.2. The van der Waals surface area contributed by atoms with E-state index in [0.29, 0.717) is 30.4 Å². The first-order valence-electron chi connectivity index (χ1n) is 5.93. The molecule has 3 rings (SSSR count). The number of rotatable bonds is 3. The van der Waals surface area contributed by atoms with Gasteiger partial charge in [0, 0.05) is 19.0 Å². The fourth-order valence-corrected chi connectivity index (χ4v) is 3.50. The Labute approximate surface area is 109 Å². The van der Waals surface area contributed by atoms with Gasteiger partial charge in [0.25, 0.3) is 0 Å². The lowest BCUT2D eigenvalue weighted by molar-refractivity contribution is 0.360. The third kappa shape index (κ3) is 2.85. The van der Waals surface area contributed by atoms with Gasteiger partial charge in [-0.15, -0.1) is 0 Å². The number of furan rings is 1. The van der Waals surface area contributed by atoms with Crippen molar-refractivity contribution in [1.82, 2.24) is 15.5 Å². The van der Waals surface area contributed by atoms with Crippen LogP contribution in [0.1, 0.15) is 5.89 Å². The molecule has 8 heteroatoms. The van der Waals surface area contributed by atoms with Crippen LogP contribution in [-0.4, -0.2) is 42.7 Å². The van der Waals surface area contributed by atoms with E-state index in [1.54, 1.807) is 12.1 Å². The Bertz CT molecular complexity index is 647. The summed E-state index contributed by atoms with van der Waals surface area (Å²) in [6, 6.07) is 3.29. The van der Waals surface area contributed by atoms with Crippen molar-refractivity contribution in [2.45, 2.75) is 12.5 Å². The van der Waals surface area contributed by atoms with Gasteiger partial charge in [0.05, 0.1) is 17.8 Å². The first kappa shape index (κ1) is 12.4. The fourth-order valence-electron chi connectivity index (χ4n) is 2.05. The predicted octanol–water partition coefficient (Wildman–Crippen LogP) is 0.259. The average Bonchev–Trinajstić information content (AvgIpc) is 2.96. The van der Waals surface area contributed by atoms with E-state index in [1.807, 2.05) is 0 Å². The minimum atomic E-state index is -2.96. The number of nitrogens with zero attached hydrogens (tertiary/aromatic N) is 2. The Morgan fingerprint density at radius 3 is 3.11 bits per heavy atom. The number of aromatic nitrogens is 2. The van der Waals surface area contributed by atoms with Crippen molar-refractivity contribution in [2.75, 3.05) is 18.1 Å². The molecule has 3 heterocycles. The minimum Gasteiger partial charge on any atom is -0.461 e. The molecule has 0 aliphatic carbocycles. The third-order valence-electron chi connectivity index (χ3n) is 2.93. The molecule has 1 N–H and O–H groups in total. The largest absolute Gasteiger partial charge is 0.461 e. The Morgan fingerprint density at radius 2 is 2.37 bits per heavy atom. The molecule has 1 unspecified atom stereocenters. The van der Waals surface area contributed by atoms with E-state index in [4.69, 9.17) is 8.94 Å². The molecule has 102 valence electrons. The number of sulfone groups is 1. The van der Waals surface area contributed by atoms with E-state index in [0.717, 1.165) is 0 Å². The topological polar surface area (TPSA) is 98.2 Å². The molecular formula is C11H13N3O4S. The van der Waals surface area contributed by atoms with Crippen LogP contribution in [0.2, 0.25) is 0 Å². The van der Waals surface area contributed by atoms with Crippen LogP contribution in [0, 0.1) is 0 Å². The van der Waals surface area contributed by atoms with Crippen molar-refractivity contribution in [3.8, 4) is 11.6 Å². The smallest absolute Gasteiger partial charge is 0.238 e. The van der Waals surface area contributed by atoms with Crippen LogP contribution >= 0.6 is 0 Å². The maximum Gasteiger partial charge on any atom is 0.238 e. The maximum atomic E-state index is 11.5. The zero-order valence-electron chi connectivity index (χ0n) is 10.1. The highest BCUT2D eigenvalue weighted by atomic mass is 32.2. The Balaban J connectivity index is 1.71. The molecule has 1 aliphatic heterocycles. The second-order valence-electron chi connectivity index (χ2n) is 4.46. The molecule has 19 heavy (non-hydrogen) atoms.